The SMILES string of the molecule is Cc1nn(C)c(CN2CC(N3CCNCC3)C2)c1Br. The largest absolute Gasteiger partial charge is 0.314 e. The first-order chi connectivity index (χ1) is 9.15. The minimum Gasteiger partial charge on any atom is -0.314 e. The van der Waals surface area contributed by atoms with Crippen LogP contribution in [-0.2, 0) is 13.6 Å². The van der Waals surface area contributed by atoms with Crippen molar-refractivity contribution >= 4 is 15.9 Å². The smallest absolute Gasteiger partial charge is 0.0739 e. The van der Waals surface area contributed by atoms with Crippen molar-refractivity contribution in [2.45, 2.75) is 19.5 Å². The highest BCUT2D eigenvalue weighted by atomic mass is 79.9. The number of hydrogen-bond donors (Lipinski definition) is 1. The van der Waals surface area contributed by atoms with Crippen molar-refractivity contribution < 1.29 is 0 Å². The quantitative estimate of drug-likeness (QED) is 0.881. The van der Waals surface area contributed by atoms with Crippen LogP contribution in [0.25, 0.3) is 0 Å². The van der Waals surface area contributed by atoms with Crippen LogP contribution in [0.15, 0.2) is 4.47 Å². The first-order valence-electron chi connectivity index (χ1n) is 7.00. The molecule has 1 aromatic rings. The Morgan fingerprint density at radius 3 is 2.58 bits per heavy atom. The van der Waals surface area contributed by atoms with Gasteiger partial charge in [0.05, 0.1) is 15.9 Å². The summed E-state index contributed by atoms with van der Waals surface area (Å²) in [7, 11) is 2.03. The van der Waals surface area contributed by atoms with E-state index in [9.17, 15) is 0 Å². The van der Waals surface area contributed by atoms with Gasteiger partial charge in [-0.25, -0.2) is 0 Å². The van der Waals surface area contributed by atoms with E-state index in [4.69, 9.17) is 0 Å². The lowest BCUT2D eigenvalue weighted by Gasteiger charge is -2.46. The summed E-state index contributed by atoms with van der Waals surface area (Å²) in [5, 5.41) is 7.87. The van der Waals surface area contributed by atoms with Crippen LogP contribution in [0.1, 0.15) is 11.4 Å². The number of aromatic nitrogens is 2. The molecule has 6 heteroatoms. The summed E-state index contributed by atoms with van der Waals surface area (Å²) in [4.78, 5) is 5.13. The second kappa shape index (κ2) is 5.52. The van der Waals surface area contributed by atoms with E-state index >= 15 is 0 Å². The third kappa shape index (κ3) is 2.72. The van der Waals surface area contributed by atoms with E-state index in [1.807, 2.05) is 18.7 Å². The number of aryl methyl sites for hydroxylation is 2. The van der Waals surface area contributed by atoms with Crippen molar-refractivity contribution in [1.29, 1.82) is 0 Å². The minimum absolute atomic E-state index is 0.759. The lowest BCUT2D eigenvalue weighted by Crippen LogP contribution is -2.62. The van der Waals surface area contributed by atoms with Gasteiger partial charge in [-0.05, 0) is 22.9 Å². The molecular weight excluding hydrogens is 306 g/mol. The van der Waals surface area contributed by atoms with Gasteiger partial charge < -0.3 is 5.32 Å². The van der Waals surface area contributed by atoms with E-state index in [0.29, 0.717) is 0 Å². The Morgan fingerprint density at radius 2 is 2.00 bits per heavy atom. The highest BCUT2D eigenvalue weighted by Gasteiger charge is 2.32. The fourth-order valence-electron chi connectivity index (χ4n) is 3.01. The first-order valence-corrected chi connectivity index (χ1v) is 7.79. The van der Waals surface area contributed by atoms with Crippen molar-refractivity contribution in [2.75, 3.05) is 39.3 Å². The Labute approximate surface area is 123 Å². The lowest BCUT2D eigenvalue weighted by atomic mass is 10.1. The number of likely N-dealkylation sites (tertiary alicyclic amines) is 1. The Bertz CT molecular complexity index is 446. The standard InChI is InChI=1S/C13H22BrN5/c1-10-13(14)12(17(2)16-10)9-18-7-11(8-18)19-5-3-15-4-6-19/h11,15H,3-9H2,1-2H3. The van der Waals surface area contributed by atoms with Crippen molar-refractivity contribution in [2.24, 2.45) is 7.05 Å². The topological polar surface area (TPSA) is 36.3 Å². The molecule has 2 aliphatic heterocycles. The summed E-state index contributed by atoms with van der Waals surface area (Å²) < 4.78 is 3.16. The highest BCUT2D eigenvalue weighted by molar-refractivity contribution is 9.10. The maximum atomic E-state index is 4.46. The molecule has 0 amide bonds. The predicted molar refractivity (Wildman–Crippen MR) is 79.2 cm³/mol. The number of nitrogens with zero attached hydrogens (tertiary/aromatic N) is 4. The van der Waals surface area contributed by atoms with E-state index in [1.54, 1.807) is 0 Å². The molecule has 2 fully saturated rings. The summed E-state index contributed by atoms with van der Waals surface area (Å²) in [5.41, 5.74) is 2.37. The minimum atomic E-state index is 0.759. The molecule has 2 aliphatic rings. The second-order valence-corrected chi connectivity index (χ2v) is 6.40. The Morgan fingerprint density at radius 1 is 1.32 bits per heavy atom. The molecule has 0 radical (unpaired) electrons. The number of piperazine rings is 1. The molecule has 2 saturated heterocycles. The zero-order chi connectivity index (χ0) is 13.4. The molecule has 0 atom stereocenters. The monoisotopic (exact) mass is 327 g/mol. The van der Waals surface area contributed by atoms with Gasteiger partial charge in [-0.1, -0.05) is 0 Å². The van der Waals surface area contributed by atoms with E-state index in [0.717, 1.165) is 31.4 Å². The Kier molecular flexibility index (Phi) is 3.93. The Balaban J connectivity index is 1.53. The number of nitrogens with one attached hydrogen (secondary N) is 1. The highest BCUT2D eigenvalue weighted by Crippen LogP contribution is 2.24. The Hall–Kier alpha value is -0.430. The number of hydrogen-bond acceptors (Lipinski definition) is 4. The van der Waals surface area contributed by atoms with Gasteiger partial charge >= 0.3 is 0 Å². The molecule has 0 spiro atoms. The van der Waals surface area contributed by atoms with Crippen LogP contribution in [0.2, 0.25) is 0 Å². The van der Waals surface area contributed by atoms with Gasteiger partial charge in [0.2, 0.25) is 0 Å². The van der Waals surface area contributed by atoms with Crippen LogP contribution in [-0.4, -0.2) is 64.9 Å². The van der Waals surface area contributed by atoms with Crippen molar-refractivity contribution in [1.82, 2.24) is 24.9 Å². The molecule has 19 heavy (non-hydrogen) atoms. The number of rotatable bonds is 3. The van der Waals surface area contributed by atoms with Crippen LogP contribution in [0, 0.1) is 6.92 Å². The first kappa shape index (κ1) is 13.5. The molecule has 5 nitrogen and oxygen atoms in total. The summed E-state index contributed by atoms with van der Waals surface area (Å²) in [5.74, 6) is 0. The maximum absolute atomic E-state index is 4.46. The molecule has 3 heterocycles. The summed E-state index contributed by atoms with van der Waals surface area (Å²) in [6.45, 7) is 10.1. The van der Waals surface area contributed by atoms with Crippen molar-refractivity contribution in [3.63, 3.8) is 0 Å². The van der Waals surface area contributed by atoms with Crippen molar-refractivity contribution in [3.05, 3.63) is 15.9 Å². The second-order valence-electron chi connectivity index (χ2n) is 5.60. The molecule has 1 aromatic heterocycles. The normalized spacial score (nSPS) is 22.7. The van der Waals surface area contributed by atoms with Crippen molar-refractivity contribution in [3.8, 4) is 0 Å². The van der Waals surface area contributed by atoms with E-state index in [2.05, 4.69) is 36.1 Å². The molecule has 1 N–H and O–H groups in total. The fourth-order valence-corrected chi connectivity index (χ4v) is 3.47. The average molecular weight is 328 g/mol. The number of halogens is 1. The van der Waals surface area contributed by atoms with Crippen LogP contribution in [0.3, 0.4) is 0 Å². The zero-order valence-electron chi connectivity index (χ0n) is 11.7. The van der Waals surface area contributed by atoms with Crippen LogP contribution in [0.5, 0.6) is 0 Å². The van der Waals surface area contributed by atoms with Gasteiger partial charge in [0.15, 0.2) is 0 Å². The molecule has 0 saturated carbocycles. The summed E-state index contributed by atoms with van der Waals surface area (Å²) in [6, 6.07) is 0.759. The van der Waals surface area contributed by atoms with Gasteiger partial charge in [-0.3, -0.25) is 14.5 Å². The molecule has 0 aromatic carbocycles. The zero-order valence-corrected chi connectivity index (χ0v) is 13.3. The fraction of sp³-hybridized carbons (Fsp3) is 0.769. The predicted octanol–water partition coefficient (Wildman–Crippen LogP) is 0.580. The van der Waals surface area contributed by atoms with E-state index in [-0.39, 0.29) is 0 Å². The average Bonchev–Trinajstić information content (AvgIpc) is 2.60. The van der Waals surface area contributed by atoms with E-state index in [1.165, 1.54) is 36.3 Å². The van der Waals surface area contributed by atoms with Gasteiger partial charge in [0, 0.05) is 58.9 Å². The van der Waals surface area contributed by atoms with Crippen LogP contribution >= 0.6 is 15.9 Å². The lowest BCUT2D eigenvalue weighted by molar-refractivity contribution is 0.0208. The molecule has 0 bridgehead atoms. The third-order valence-corrected chi connectivity index (χ3v) is 5.27. The van der Waals surface area contributed by atoms with Gasteiger partial charge in [-0.2, -0.15) is 5.10 Å². The molecule has 3 rings (SSSR count). The van der Waals surface area contributed by atoms with Crippen LogP contribution in [0.4, 0.5) is 0 Å². The van der Waals surface area contributed by atoms with Gasteiger partial charge in [0.1, 0.15) is 0 Å². The summed E-state index contributed by atoms with van der Waals surface area (Å²) in [6.07, 6.45) is 0. The van der Waals surface area contributed by atoms with Gasteiger partial charge in [-0.15, -0.1) is 0 Å². The maximum Gasteiger partial charge on any atom is 0.0739 e. The van der Waals surface area contributed by atoms with Gasteiger partial charge in [0.25, 0.3) is 0 Å². The summed E-state index contributed by atoms with van der Waals surface area (Å²) >= 11 is 3.65. The molecule has 0 aliphatic carbocycles. The van der Waals surface area contributed by atoms with E-state index < -0.39 is 0 Å². The third-order valence-electron chi connectivity index (χ3n) is 4.24. The molecule has 0 unspecified atom stereocenters. The molecule has 106 valence electrons. The van der Waals surface area contributed by atoms with Crippen LogP contribution < -0.4 is 5.32 Å². The molecular formula is C13H22BrN5.